The van der Waals surface area contributed by atoms with Crippen molar-refractivity contribution in [3.05, 3.63) is 35.1 Å². The third-order valence-corrected chi connectivity index (χ3v) is 3.88. The molecule has 1 saturated carbocycles. The van der Waals surface area contributed by atoms with Crippen molar-refractivity contribution < 1.29 is 9.32 Å². The summed E-state index contributed by atoms with van der Waals surface area (Å²) in [6, 6.07) is 3.71. The highest BCUT2D eigenvalue weighted by Gasteiger charge is 2.19. The molecule has 0 aromatic carbocycles. The van der Waals surface area contributed by atoms with E-state index in [4.69, 9.17) is 4.52 Å². The maximum absolute atomic E-state index is 12.2. The minimum Gasteiger partial charge on any atom is -0.352 e. The second-order valence-corrected chi connectivity index (χ2v) is 5.50. The summed E-state index contributed by atoms with van der Waals surface area (Å²) in [7, 11) is 0. The lowest BCUT2D eigenvalue weighted by atomic mass is 9.95. The molecule has 2 aromatic heterocycles. The number of hydrogen-bond acceptors (Lipinski definition) is 5. The van der Waals surface area contributed by atoms with Crippen LogP contribution in [0.15, 0.2) is 33.8 Å². The fraction of sp³-hybridized carbons (Fsp3) is 0.467. The van der Waals surface area contributed by atoms with Gasteiger partial charge in [0, 0.05) is 24.0 Å². The Kier molecular flexibility index (Phi) is 4.32. The molecule has 7 nitrogen and oxygen atoms in total. The van der Waals surface area contributed by atoms with Crippen LogP contribution in [-0.2, 0) is 11.3 Å². The zero-order valence-electron chi connectivity index (χ0n) is 12.2. The van der Waals surface area contributed by atoms with E-state index in [0.29, 0.717) is 11.4 Å². The van der Waals surface area contributed by atoms with E-state index in [9.17, 15) is 9.59 Å². The third kappa shape index (κ3) is 3.24. The monoisotopic (exact) mass is 302 g/mol. The normalized spacial score (nSPS) is 15.6. The van der Waals surface area contributed by atoms with Gasteiger partial charge in [0.1, 0.15) is 6.54 Å². The highest BCUT2D eigenvalue weighted by Crippen LogP contribution is 2.17. The van der Waals surface area contributed by atoms with Gasteiger partial charge >= 0.3 is 5.76 Å². The van der Waals surface area contributed by atoms with Crippen molar-refractivity contribution in [3.8, 4) is 11.4 Å². The van der Waals surface area contributed by atoms with Crippen LogP contribution in [-0.4, -0.2) is 26.7 Å². The van der Waals surface area contributed by atoms with Crippen LogP contribution in [0.5, 0.6) is 0 Å². The van der Waals surface area contributed by atoms with E-state index in [1.165, 1.54) is 11.0 Å². The first-order valence-electron chi connectivity index (χ1n) is 7.50. The van der Waals surface area contributed by atoms with E-state index in [2.05, 4.69) is 15.5 Å². The molecule has 1 aliphatic rings. The first-order valence-corrected chi connectivity index (χ1v) is 7.50. The van der Waals surface area contributed by atoms with E-state index in [1.54, 1.807) is 24.5 Å². The van der Waals surface area contributed by atoms with Crippen molar-refractivity contribution >= 4 is 5.91 Å². The van der Waals surface area contributed by atoms with E-state index in [-0.39, 0.29) is 18.5 Å². The molecule has 2 heterocycles. The molecule has 2 aromatic rings. The molecular weight excluding hydrogens is 284 g/mol. The van der Waals surface area contributed by atoms with Gasteiger partial charge < -0.3 is 5.32 Å². The van der Waals surface area contributed by atoms with Crippen LogP contribution in [0.3, 0.4) is 0 Å². The van der Waals surface area contributed by atoms with Crippen LogP contribution in [0.4, 0.5) is 0 Å². The summed E-state index contributed by atoms with van der Waals surface area (Å²) in [5.74, 6) is -0.517. The number of amides is 1. The van der Waals surface area contributed by atoms with Crippen LogP contribution in [0.1, 0.15) is 32.1 Å². The van der Waals surface area contributed by atoms with Gasteiger partial charge in [-0.1, -0.05) is 24.4 Å². The Morgan fingerprint density at radius 2 is 2.18 bits per heavy atom. The summed E-state index contributed by atoms with van der Waals surface area (Å²) in [5.41, 5.74) is 0.638. The summed E-state index contributed by atoms with van der Waals surface area (Å²) < 4.78 is 5.92. The molecule has 0 aliphatic heterocycles. The Morgan fingerprint density at radius 1 is 1.36 bits per heavy atom. The van der Waals surface area contributed by atoms with Gasteiger partial charge in [-0.2, -0.15) is 0 Å². The molecule has 1 fully saturated rings. The highest BCUT2D eigenvalue weighted by atomic mass is 16.5. The molecule has 0 atom stereocenters. The Hall–Kier alpha value is -2.44. The lowest BCUT2D eigenvalue weighted by Gasteiger charge is -2.22. The van der Waals surface area contributed by atoms with Crippen molar-refractivity contribution in [2.24, 2.45) is 0 Å². The largest absolute Gasteiger partial charge is 0.442 e. The second kappa shape index (κ2) is 6.55. The predicted molar refractivity (Wildman–Crippen MR) is 79.0 cm³/mol. The lowest BCUT2D eigenvalue weighted by molar-refractivity contribution is -0.122. The Labute approximate surface area is 127 Å². The molecule has 3 rings (SSSR count). The molecule has 116 valence electrons. The molecule has 0 bridgehead atoms. The second-order valence-electron chi connectivity index (χ2n) is 5.50. The Balaban J connectivity index is 1.73. The summed E-state index contributed by atoms with van der Waals surface area (Å²) in [5, 5.41) is 6.72. The number of carbonyl (C=O) groups is 1. The predicted octanol–water partition coefficient (Wildman–Crippen LogP) is 1.35. The van der Waals surface area contributed by atoms with Gasteiger partial charge in [0.2, 0.25) is 5.91 Å². The molecule has 0 saturated heterocycles. The number of rotatable bonds is 4. The summed E-state index contributed by atoms with van der Waals surface area (Å²) >= 11 is 0. The smallest absolute Gasteiger partial charge is 0.352 e. The molecule has 1 N–H and O–H groups in total. The highest BCUT2D eigenvalue weighted by molar-refractivity contribution is 5.76. The Bertz CT molecular complexity index is 686. The van der Waals surface area contributed by atoms with Gasteiger partial charge in [-0.3, -0.25) is 14.3 Å². The van der Waals surface area contributed by atoms with Crippen molar-refractivity contribution in [3.63, 3.8) is 0 Å². The maximum atomic E-state index is 12.2. The molecule has 0 unspecified atom stereocenters. The number of aromatic nitrogens is 3. The fourth-order valence-corrected chi connectivity index (χ4v) is 2.77. The topological polar surface area (TPSA) is 90.0 Å². The van der Waals surface area contributed by atoms with Gasteiger partial charge in [-0.15, -0.1) is 0 Å². The first kappa shape index (κ1) is 14.5. The molecular formula is C15H18N4O3. The summed E-state index contributed by atoms with van der Waals surface area (Å²) in [4.78, 5) is 27.9. The minimum absolute atomic E-state index is 0.0942. The van der Waals surface area contributed by atoms with E-state index >= 15 is 0 Å². The average molecular weight is 302 g/mol. The SMILES string of the molecule is O=C(Cn1c(-c2cccnc2)noc1=O)NC1CCCCC1. The molecule has 7 heteroatoms. The van der Waals surface area contributed by atoms with Gasteiger partial charge in [-0.25, -0.2) is 9.36 Å². The fourth-order valence-electron chi connectivity index (χ4n) is 2.77. The molecule has 0 spiro atoms. The molecule has 1 aliphatic carbocycles. The zero-order valence-corrected chi connectivity index (χ0v) is 12.2. The van der Waals surface area contributed by atoms with Crippen LogP contribution in [0.2, 0.25) is 0 Å². The van der Waals surface area contributed by atoms with E-state index in [0.717, 1.165) is 25.7 Å². The van der Waals surface area contributed by atoms with Gasteiger partial charge in [0.25, 0.3) is 0 Å². The van der Waals surface area contributed by atoms with Crippen LogP contribution >= 0.6 is 0 Å². The van der Waals surface area contributed by atoms with Gasteiger partial charge in [0.15, 0.2) is 5.82 Å². The quantitative estimate of drug-likeness (QED) is 0.920. The summed E-state index contributed by atoms with van der Waals surface area (Å²) in [6.07, 6.45) is 8.70. The Morgan fingerprint density at radius 3 is 2.91 bits per heavy atom. The number of carbonyl (C=O) groups excluding carboxylic acids is 1. The van der Waals surface area contributed by atoms with Crippen LogP contribution in [0.25, 0.3) is 11.4 Å². The first-order chi connectivity index (χ1) is 10.7. The number of pyridine rings is 1. The van der Waals surface area contributed by atoms with E-state index < -0.39 is 5.76 Å². The number of nitrogens with one attached hydrogen (secondary N) is 1. The van der Waals surface area contributed by atoms with Gasteiger partial charge in [-0.05, 0) is 25.0 Å². The average Bonchev–Trinajstić information content (AvgIpc) is 2.90. The standard InChI is InChI=1S/C15H18N4O3/c20-13(17-12-6-2-1-3-7-12)10-19-14(18-22-15(19)21)11-5-4-8-16-9-11/h4-5,8-9,12H,1-3,6-7,10H2,(H,17,20). The summed E-state index contributed by atoms with van der Waals surface area (Å²) in [6.45, 7) is -0.0942. The van der Waals surface area contributed by atoms with Crippen molar-refractivity contribution in [1.29, 1.82) is 0 Å². The molecule has 1 amide bonds. The van der Waals surface area contributed by atoms with Crippen molar-refractivity contribution in [2.75, 3.05) is 0 Å². The molecule has 22 heavy (non-hydrogen) atoms. The maximum Gasteiger partial charge on any atom is 0.442 e. The minimum atomic E-state index is -0.641. The lowest BCUT2D eigenvalue weighted by Crippen LogP contribution is -2.39. The van der Waals surface area contributed by atoms with Crippen LogP contribution in [0, 0.1) is 0 Å². The van der Waals surface area contributed by atoms with Crippen molar-refractivity contribution in [1.82, 2.24) is 20.0 Å². The van der Waals surface area contributed by atoms with Crippen molar-refractivity contribution in [2.45, 2.75) is 44.7 Å². The van der Waals surface area contributed by atoms with Crippen LogP contribution < -0.4 is 11.1 Å². The number of nitrogens with zero attached hydrogens (tertiary/aromatic N) is 3. The van der Waals surface area contributed by atoms with E-state index in [1.807, 2.05) is 0 Å². The molecule has 0 radical (unpaired) electrons. The number of hydrogen-bond donors (Lipinski definition) is 1. The third-order valence-electron chi connectivity index (χ3n) is 3.88. The van der Waals surface area contributed by atoms with Gasteiger partial charge in [0.05, 0.1) is 0 Å². The zero-order chi connectivity index (χ0) is 15.4.